The van der Waals surface area contributed by atoms with Crippen molar-refractivity contribution in [1.82, 2.24) is 15.5 Å². The third-order valence-corrected chi connectivity index (χ3v) is 2.07. The van der Waals surface area contributed by atoms with Gasteiger partial charge < -0.3 is 15.5 Å². The molecule has 0 aliphatic carbocycles. The van der Waals surface area contributed by atoms with Gasteiger partial charge in [-0.2, -0.15) is 0 Å². The molecule has 0 fully saturated rings. The summed E-state index contributed by atoms with van der Waals surface area (Å²) in [4.78, 5) is 2.33. The molecule has 0 bridgehead atoms. The SMILES string of the molecule is CCN(CCNC)C1=CNC=C[CH]1. The highest BCUT2D eigenvalue weighted by molar-refractivity contribution is 5.24. The summed E-state index contributed by atoms with van der Waals surface area (Å²) in [6.07, 6.45) is 8.10. The number of hydrogen-bond donors (Lipinski definition) is 2. The molecule has 0 atom stereocenters. The summed E-state index contributed by atoms with van der Waals surface area (Å²) < 4.78 is 0. The summed E-state index contributed by atoms with van der Waals surface area (Å²) in [5.41, 5.74) is 1.25. The van der Waals surface area contributed by atoms with Crippen molar-refractivity contribution in [3.05, 3.63) is 30.6 Å². The van der Waals surface area contributed by atoms with Crippen LogP contribution in [-0.4, -0.2) is 31.6 Å². The van der Waals surface area contributed by atoms with E-state index >= 15 is 0 Å². The fourth-order valence-corrected chi connectivity index (χ4v) is 1.30. The van der Waals surface area contributed by atoms with Crippen molar-refractivity contribution in [1.29, 1.82) is 0 Å². The molecule has 1 radical (unpaired) electrons. The third kappa shape index (κ3) is 3.11. The Morgan fingerprint density at radius 1 is 1.54 bits per heavy atom. The van der Waals surface area contributed by atoms with E-state index in [1.165, 1.54) is 5.70 Å². The quantitative estimate of drug-likeness (QED) is 0.652. The molecule has 1 rings (SSSR count). The number of nitrogens with one attached hydrogen (secondary N) is 2. The Morgan fingerprint density at radius 2 is 2.38 bits per heavy atom. The van der Waals surface area contributed by atoms with Crippen LogP contribution in [0.5, 0.6) is 0 Å². The number of rotatable bonds is 5. The molecule has 0 aromatic heterocycles. The molecule has 0 saturated carbocycles. The third-order valence-electron chi connectivity index (χ3n) is 2.07. The molecule has 0 amide bonds. The lowest BCUT2D eigenvalue weighted by Gasteiger charge is -2.26. The maximum Gasteiger partial charge on any atom is 0.0376 e. The first-order chi connectivity index (χ1) is 6.38. The van der Waals surface area contributed by atoms with E-state index in [0.717, 1.165) is 19.6 Å². The molecular weight excluding hydrogens is 162 g/mol. The maximum atomic E-state index is 3.15. The molecule has 0 spiro atoms. The number of nitrogens with zero attached hydrogens (tertiary/aromatic N) is 1. The van der Waals surface area contributed by atoms with Gasteiger partial charge in [-0.05, 0) is 20.2 Å². The first kappa shape index (κ1) is 10.1. The molecule has 0 aromatic carbocycles. The predicted molar refractivity (Wildman–Crippen MR) is 55.8 cm³/mol. The van der Waals surface area contributed by atoms with Crippen molar-refractivity contribution in [3.63, 3.8) is 0 Å². The first-order valence-corrected chi connectivity index (χ1v) is 4.74. The van der Waals surface area contributed by atoms with Gasteiger partial charge in [-0.15, -0.1) is 0 Å². The molecule has 3 nitrogen and oxygen atoms in total. The van der Waals surface area contributed by atoms with E-state index in [1.807, 2.05) is 25.5 Å². The van der Waals surface area contributed by atoms with Crippen LogP contribution in [0.2, 0.25) is 0 Å². The topological polar surface area (TPSA) is 27.3 Å². The Morgan fingerprint density at radius 3 is 2.92 bits per heavy atom. The van der Waals surface area contributed by atoms with Gasteiger partial charge in [-0.25, -0.2) is 0 Å². The molecule has 1 heterocycles. The van der Waals surface area contributed by atoms with Crippen LogP contribution in [0.25, 0.3) is 0 Å². The lowest BCUT2D eigenvalue weighted by atomic mass is 10.2. The summed E-state index contributed by atoms with van der Waals surface area (Å²) in [7, 11) is 1.98. The van der Waals surface area contributed by atoms with Gasteiger partial charge in [0.1, 0.15) is 0 Å². The van der Waals surface area contributed by atoms with Crippen molar-refractivity contribution in [2.75, 3.05) is 26.7 Å². The van der Waals surface area contributed by atoms with Gasteiger partial charge in [-0.3, -0.25) is 0 Å². The van der Waals surface area contributed by atoms with Crippen LogP contribution in [0.3, 0.4) is 0 Å². The average Bonchev–Trinajstić information content (AvgIpc) is 2.21. The van der Waals surface area contributed by atoms with Gasteiger partial charge in [0.2, 0.25) is 0 Å². The summed E-state index contributed by atoms with van der Waals surface area (Å²) in [5, 5.41) is 6.24. The van der Waals surface area contributed by atoms with Gasteiger partial charge in [0.15, 0.2) is 0 Å². The predicted octanol–water partition coefficient (Wildman–Crippen LogP) is 0.690. The Balaban J connectivity index is 2.40. The molecule has 2 N–H and O–H groups in total. The average molecular weight is 180 g/mol. The standard InChI is InChI=1S/C10H18N3/c1-3-13(8-7-11-2)10-5-4-6-12-9-10/h4-6,9,11-12H,3,7-8H2,1-2H3. The van der Waals surface area contributed by atoms with Crippen LogP contribution >= 0.6 is 0 Å². The zero-order chi connectivity index (χ0) is 9.52. The second kappa shape index (κ2) is 5.65. The minimum absolute atomic E-state index is 1.02. The maximum absolute atomic E-state index is 3.15. The Labute approximate surface area is 80.5 Å². The second-order valence-corrected chi connectivity index (χ2v) is 2.94. The lowest BCUT2D eigenvalue weighted by molar-refractivity contribution is 0.366. The molecule has 13 heavy (non-hydrogen) atoms. The monoisotopic (exact) mass is 180 g/mol. The van der Waals surface area contributed by atoms with E-state index in [0.29, 0.717) is 0 Å². The van der Waals surface area contributed by atoms with E-state index in [4.69, 9.17) is 0 Å². The Bertz CT molecular complexity index is 196. The van der Waals surface area contributed by atoms with Crippen molar-refractivity contribution in [3.8, 4) is 0 Å². The lowest BCUT2D eigenvalue weighted by Crippen LogP contribution is -2.31. The zero-order valence-electron chi connectivity index (χ0n) is 8.38. The normalized spacial score (nSPS) is 15.1. The molecule has 0 unspecified atom stereocenters. The molecule has 0 aromatic rings. The van der Waals surface area contributed by atoms with Gasteiger partial charge in [0.05, 0.1) is 0 Å². The first-order valence-electron chi connectivity index (χ1n) is 4.74. The highest BCUT2D eigenvalue weighted by Gasteiger charge is 2.06. The smallest absolute Gasteiger partial charge is 0.0376 e. The summed E-state index contributed by atoms with van der Waals surface area (Å²) in [5.74, 6) is 0. The van der Waals surface area contributed by atoms with Crippen molar-refractivity contribution < 1.29 is 0 Å². The molecule has 1 aliphatic rings. The summed E-state index contributed by atoms with van der Waals surface area (Å²) in [6.45, 7) is 5.27. The number of likely N-dealkylation sites (N-methyl/N-ethyl adjacent to an activating group) is 2. The number of hydrogen-bond acceptors (Lipinski definition) is 3. The molecule has 3 heteroatoms. The van der Waals surface area contributed by atoms with Crippen LogP contribution in [-0.2, 0) is 0 Å². The highest BCUT2D eigenvalue weighted by atomic mass is 15.2. The van der Waals surface area contributed by atoms with E-state index in [1.54, 1.807) is 0 Å². The highest BCUT2D eigenvalue weighted by Crippen LogP contribution is 2.09. The van der Waals surface area contributed by atoms with E-state index in [-0.39, 0.29) is 0 Å². The molecule has 73 valence electrons. The van der Waals surface area contributed by atoms with Crippen LogP contribution in [0.15, 0.2) is 24.2 Å². The number of allylic oxidation sites excluding steroid dienone is 1. The Kier molecular flexibility index (Phi) is 4.40. The minimum Gasteiger partial charge on any atom is -0.372 e. The second-order valence-electron chi connectivity index (χ2n) is 2.94. The minimum atomic E-state index is 1.02. The van der Waals surface area contributed by atoms with E-state index < -0.39 is 0 Å². The molecular formula is C10H18N3. The fourth-order valence-electron chi connectivity index (χ4n) is 1.30. The van der Waals surface area contributed by atoms with Gasteiger partial charge in [0, 0.05) is 38.0 Å². The van der Waals surface area contributed by atoms with Gasteiger partial charge >= 0.3 is 0 Å². The Hall–Kier alpha value is -0.960. The van der Waals surface area contributed by atoms with Crippen LogP contribution in [0.1, 0.15) is 6.92 Å². The zero-order valence-corrected chi connectivity index (χ0v) is 8.38. The van der Waals surface area contributed by atoms with E-state index in [2.05, 4.69) is 28.9 Å². The molecule has 1 aliphatic heterocycles. The van der Waals surface area contributed by atoms with Crippen LogP contribution in [0.4, 0.5) is 0 Å². The van der Waals surface area contributed by atoms with Crippen LogP contribution in [0, 0.1) is 6.42 Å². The van der Waals surface area contributed by atoms with E-state index in [9.17, 15) is 0 Å². The fraction of sp³-hybridized carbons (Fsp3) is 0.500. The van der Waals surface area contributed by atoms with Gasteiger partial charge in [-0.1, -0.05) is 6.08 Å². The van der Waals surface area contributed by atoms with Crippen LogP contribution < -0.4 is 10.6 Å². The summed E-state index contributed by atoms with van der Waals surface area (Å²) in [6, 6.07) is 0. The van der Waals surface area contributed by atoms with Crippen molar-refractivity contribution >= 4 is 0 Å². The summed E-state index contributed by atoms with van der Waals surface area (Å²) >= 11 is 0. The van der Waals surface area contributed by atoms with Crippen molar-refractivity contribution in [2.24, 2.45) is 0 Å². The largest absolute Gasteiger partial charge is 0.372 e. The molecule has 0 saturated heterocycles. The number of dihydropyridines is 1. The van der Waals surface area contributed by atoms with Gasteiger partial charge in [0.25, 0.3) is 0 Å². The van der Waals surface area contributed by atoms with Crippen molar-refractivity contribution in [2.45, 2.75) is 6.92 Å².